The minimum Gasteiger partial charge on any atom is -0.506 e. The highest BCUT2D eigenvalue weighted by atomic mass is 31.2. The Kier molecular flexibility index (Phi) is 3.46. The lowest BCUT2D eigenvalue weighted by molar-refractivity contribution is 0.188. The van der Waals surface area contributed by atoms with E-state index in [1.165, 1.54) is 6.20 Å². The SMILES string of the molecule is Cc1ncc(COP(=O)(O)O)c(C)c1O.[HH]. The number of pyridine rings is 1. The van der Waals surface area contributed by atoms with Gasteiger partial charge < -0.3 is 14.9 Å². The Morgan fingerprint density at radius 2 is 2.13 bits per heavy atom. The summed E-state index contributed by atoms with van der Waals surface area (Å²) in [5.74, 6) is 0.0156. The average molecular weight is 235 g/mol. The predicted molar refractivity (Wildman–Crippen MR) is 54.3 cm³/mol. The molecule has 0 atom stereocenters. The van der Waals surface area contributed by atoms with Crippen molar-refractivity contribution in [2.45, 2.75) is 20.5 Å². The van der Waals surface area contributed by atoms with Gasteiger partial charge in [0.05, 0.1) is 12.3 Å². The molecule has 7 heteroatoms. The molecule has 0 aliphatic heterocycles. The first-order valence-electron chi connectivity index (χ1n) is 4.15. The molecular formula is C8H14NO5P. The fourth-order valence-electron chi connectivity index (χ4n) is 1.06. The standard InChI is InChI=1S/C8H12NO5P.H2/c1-5-7(4-14-15(11,12)13)3-9-6(2)8(5)10;/h3,10H,4H2,1-2H3,(H2,11,12,13);1H. The molecule has 0 saturated carbocycles. The van der Waals surface area contributed by atoms with Crippen molar-refractivity contribution in [1.82, 2.24) is 4.98 Å². The lowest BCUT2D eigenvalue weighted by Gasteiger charge is -2.09. The fourth-order valence-corrected chi connectivity index (χ4v) is 1.36. The normalized spacial score (nSPS) is 11.7. The summed E-state index contributed by atoms with van der Waals surface area (Å²) in [6.45, 7) is 2.98. The Hall–Kier alpha value is -0.940. The second-order valence-electron chi connectivity index (χ2n) is 3.11. The van der Waals surface area contributed by atoms with Gasteiger partial charge in [-0.05, 0) is 19.4 Å². The number of aryl methyl sites for hydroxylation is 1. The molecule has 15 heavy (non-hydrogen) atoms. The Bertz CT molecular complexity index is 419. The Labute approximate surface area is 88.3 Å². The van der Waals surface area contributed by atoms with Gasteiger partial charge in [-0.25, -0.2) is 4.57 Å². The van der Waals surface area contributed by atoms with E-state index in [1.807, 2.05) is 0 Å². The molecule has 1 aromatic rings. The molecule has 0 fully saturated rings. The number of hydrogen-bond donors (Lipinski definition) is 3. The molecule has 0 radical (unpaired) electrons. The first kappa shape index (κ1) is 12.1. The van der Waals surface area contributed by atoms with Crippen molar-refractivity contribution in [2.75, 3.05) is 0 Å². The number of rotatable bonds is 3. The maximum absolute atomic E-state index is 10.5. The molecule has 86 valence electrons. The molecule has 0 amide bonds. The largest absolute Gasteiger partial charge is 0.506 e. The van der Waals surface area contributed by atoms with Gasteiger partial charge in [-0.3, -0.25) is 9.51 Å². The third-order valence-electron chi connectivity index (χ3n) is 1.98. The maximum Gasteiger partial charge on any atom is 0.469 e. The van der Waals surface area contributed by atoms with Crippen LogP contribution in [0, 0.1) is 13.8 Å². The van der Waals surface area contributed by atoms with Gasteiger partial charge in [-0.2, -0.15) is 0 Å². The van der Waals surface area contributed by atoms with E-state index < -0.39 is 7.82 Å². The van der Waals surface area contributed by atoms with Gasteiger partial charge in [-0.15, -0.1) is 0 Å². The van der Waals surface area contributed by atoms with Gasteiger partial charge in [0.1, 0.15) is 5.75 Å². The third kappa shape index (κ3) is 3.28. The molecule has 1 rings (SSSR count). The highest BCUT2D eigenvalue weighted by molar-refractivity contribution is 7.46. The molecule has 0 aliphatic carbocycles. The fraction of sp³-hybridized carbons (Fsp3) is 0.375. The Morgan fingerprint density at radius 1 is 1.53 bits per heavy atom. The summed E-state index contributed by atoms with van der Waals surface area (Å²) in [6, 6.07) is 0. The van der Waals surface area contributed by atoms with E-state index in [9.17, 15) is 9.67 Å². The monoisotopic (exact) mass is 235 g/mol. The van der Waals surface area contributed by atoms with E-state index in [2.05, 4.69) is 9.51 Å². The zero-order valence-electron chi connectivity index (χ0n) is 8.34. The van der Waals surface area contributed by atoms with Crippen LogP contribution < -0.4 is 0 Å². The molecule has 3 N–H and O–H groups in total. The number of aromatic hydroxyl groups is 1. The lowest BCUT2D eigenvalue weighted by atomic mass is 10.1. The van der Waals surface area contributed by atoms with Crippen LogP contribution in [0.3, 0.4) is 0 Å². The van der Waals surface area contributed by atoms with Crippen LogP contribution in [-0.4, -0.2) is 19.9 Å². The number of phosphoric acid groups is 1. The van der Waals surface area contributed by atoms with Crippen LogP contribution in [0.4, 0.5) is 0 Å². The summed E-state index contributed by atoms with van der Waals surface area (Å²) in [5, 5.41) is 9.50. The van der Waals surface area contributed by atoms with E-state index in [-0.39, 0.29) is 13.8 Å². The average Bonchev–Trinajstić information content (AvgIpc) is 2.12. The molecule has 0 saturated heterocycles. The first-order valence-corrected chi connectivity index (χ1v) is 5.68. The van der Waals surface area contributed by atoms with Crippen molar-refractivity contribution >= 4 is 7.82 Å². The minimum absolute atomic E-state index is 0. The number of nitrogens with zero attached hydrogens (tertiary/aromatic N) is 1. The number of aromatic nitrogens is 1. The van der Waals surface area contributed by atoms with E-state index in [0.717, 1.165) is 0 Å². The van der Waals surface area contributed by atoms with Gasteiger partial charge in [0.2, 0.25) is 0 Å². The summed E-state index contributed by atoms with van der Waals surface area (Å²) in [4.78, 5) is 20.9. The predicted octanol–water partition coefficient (Wildman–Crippen LogP) is 1.26. The molecule has 0 aromatic carbocycles. The van der Waals surface area contributed by atoms with Crippen LogP contribution in [0.1, 0.15) is 18.2 Å². The third-order valence-corrected chi connectivity index (χ3v) is 2.45. The van der Waals surface area contributed by atoms with Crippen LogP contribution in [-0.2, 0) is 15.7 Å². The summed E-state index contributed by atoms with van der Waals surface area (Å²) >= 11 is 0. The highest BCUT2D eigenvalue weighted by Crippen LogP contribution is 2.37. The molecule has 1 heterocycles. The Balaban J connectivity index is 0.00000225. The molecule has 1 aromatic heterocycles. The Morgan fingerprint density at radius 3 is 2.67 bits per heavy atom. The van der Waals surface area contributed by atoms with Crippen molar-refractivity contribution in [3.05, 3.63) is 23.0 Å². The van der Waals surface area contributed by atoms with Crippen molar-refractivity contribution in [3.63, 3.8) is 0 Å². The zero-order chi connectivity index (χ0) is 11.6. The second kappa shape index (κ2) is 4.28. The van der Waals surface area contributed by atoms with Gasteiger partial charge >= 0.3 is 7.82 Å². The van der Waals surface area contributed by atoms with Crippen LogP contribution in [0.15, 0.2) is 6.20 Å². The second-order valence-corrected chi connectivity index (χ2v) is 4.35. The van der Waals surface area contributed by atoms with Crippen molar-refractivity contribution in [3.8, 4) is 5.75 Å². The van der Waals surface area contributed by atoms with Crippen molar-refractivity contribution < 1.29 is 25.4 Å². The quantitative estimate of drug-likeness (QED) is 0.682. The lowest BCUT2D eigenvalue weighted by Crippen LogP contribution is -1.97. The molecule has 6 nitrogen and oxygen atoms in total. The molecule has 0 bridgehead atoms. The van der Waals surface area contributed by atoms with Crippen LogP contribution in [0.2, 0.25) is 0 Å². The van der Waals surface area contributed by atoms with E-state index in [0.29, 0.717) is 16.8 Å². The van der Waals surface area contributed by atoms with Crippen molar-refractivity contribution in [1.29, 1.82) is 0 Å². The van der Waals surface area contributed by atoms with Crippen LogP contribution >= 0.6 is 7.82 Å². The topological polar surface area (TPSA) is 99.9 Å². The molecule has 0 aliphatic rings. The maximum atomic E-state index is 10.5. The van der Waals surface area contributed by atoms with E-state index in [1.54, 1.807) is 13.8 Å². The highest BCUT2D eigenvalue weighted by Gasteiger charge is 2.16. The number of phosphoric ester groups is 1. The van der Waals surface area contributed by atoms with Crippen LogP contribution in [0.5, 0.6) is 5.75 Å². The first-order chi connectivity index (χ1) is 6.81. The minimum atomic E-state index is -4.49. The summed E-state index contributed by atoms with van der Waals surface area (Å²) < 4.78 is 14.8. The van der Waals surface area contributed by atoms with Gasteiger partial charge in [-0.1, -0.05) is 0 Å². The zero-order valence-corrected chi connectivity index (χ0v) is 9.23. The molecule has 0 spiro atoms. The summed E-state index contributed by atoms with van der Waals surface area (Å²) in [5.41, 5.74) is 1.42. The van der Waals surface area contributed by atoms with E-state index in [4.69, 9.17) is 9.79 Å². The molecule has 0 unspecified atom stereocenters. The van der Waals surface area contributed by atoms with Gasteiger partial charge in [0.25, 0.3) is 0 Å². The summed E-state index contributed by atoms with van der Waals surface area (Å²) in [7, 11) is -4.49. The van der Waals surface area contributed by atoms with Crippen molar-refractivity contribution in [2.24, 2.45) is 0 Å². The van der Waals surface area contributed by atoms with Crippen LogP contribution in [0.25, 0.3) is 0 Å². The van der Waals surface area contributed by atoms with E-state index >= 15 is 0 Å². The number of hydrogen-bond acceptors (Lipinski definition) is 4. The summed E-state index contributed by atoms with van der Waals surface area (Å²) in [6.07, 6.45) is 1.42. The smallest absolute Gasteiger partial charge is 0.469 e. The van der Waals surface area contributed by atoms with Gasteiger partial charge in [0, 0.05) is 13.2 Å². The van der Waals surface area contributed by atoms with Gasteiger partial charge in [0.15, 0.2) is 0 Å². The molecular weight excluding hydrogens is 221 g/mol.